The molecule has 0 bridgehead atoms. The summed E-state index contributed by atoms with van der Waals surface area (Å²) in [6, 6.07) is 11.6. The van der Waals surface area contributed by atoms with Crippen molar-refractivity contribution in [1.82, 2.24) is 0 Å². The van der Waals surface area contributed by atoms with E-state index in [0.29, 0.717) is 11.1 Å². The van der Waals surface area contributed by atoms with Crippen molar-refractivity contribution in [2.75, 3.05) is 0 Å². The van der Waals surface area contributed by atoms with Crippen LogP contribution in [0.1, 0.15) is 17.0 Å². The third kappa shape index (κ3) is 3.67. The first kappa shape index (κ1) is 15.2. The van der Waals surface area contributed by atoms with Crippen molar-refractivity contribution in [3.05, 3.63) is 68.4 Å². The molecule has 20 heavy (non-hydrogen) atoms. The number of aliphatic carboxylic acids is 1. The Morgan fingerprint density at radius 2 is 1.70 bits per heavy atom. The van der Waals surface area contributed by atoms with Gasteiger partial charge in [-0.2, -0.15) is 0 Å². The van der Waals surface area contributed by atoms with E-state index in [1.165, 1.54) is 6.07 Å². The van der Waals surface area contributed by atoms with Crippen LogP contribution in [0.15, 0.2) is 51.4 Å². The van der Waals surface area contributed by atoms with Gasteiger partial charge in [0.2, 0.25) is 0 Å². The summed E-state index contributed by atoms with van der Waals surface area (Å²) in [5, 5.41) is 9.37. The van der Waals surface area contributed by atoms with Crippen LogP contribution < -0.4 is 0 Å². The molecule has 0 fully saturated rings. The Morgan fingerprint density at radius 3 is 2.30 bits per heavy atom. The monoisotopic (exact) mass is 400 g/mol. The minimum Gasteiger partial charge on any atom is -0.481 e. The third-order valence-electron chi connectivity index (χ3n) is 3.00. The fourth-order valence-electron chi connectivity index (χ4n) is 1.96. The minimum atomic E-state index is -0.966. The predicted octanol–water partition coefficient (Wildman–Crippen LogP) is 4.76. The molecule has 104 valence electrons. The van der Waals surface area contributed by atoms with Gasteiger partial charge in [0, 0.05) is 8.95 Å². The summed E-state index contributed by atoms with van der Waals surface area (Å²) < 4.78 is 15.4. The average molecular weight is 402 g/mol. The molecular weight excluding hydrogens is 391 g/mol. The van der Waals surface area contributed by atoms with Crippen LogP contribution in [-0.2, 0) is 11.2 Å². The van der Waals surface area contributed by atoms with E-state index < -0.39 is 17.7 Å². The van der Waals surface area contributed by atoms with Gasteiger partial charge in [-0.25, -0.2) is 4.39 Å². The molecule has 1 N–H and O–H groups in total. The molecule has 2 nitrogen and oxygen atoms in total. The lowest BCUT2D eigenvalue weighted by molar-refractivity contribution is -0.138. The van der Waals surface area contributed by atoms with Gasteiger partial charge in [0.05, 0.1) is 5.92 Å². The molecule has 0 aliphatic carbocycles. The number of carbonyl (C=O) groups is 1. The minimum absolute atomic E-state index is 0.113. The topological polar surface area (TPSA) is 37.3 Å². The van der Waals surface area contributed by atoms with Crippen LogP contribution >= 0.6 is 31.9 Å². The zero-order valence-electron chi connectivity index (χ0n) is 10.3. The SMILES string of the molecule is O=C(O)C(Cc1cc(Br)ccc1F)c1ccc(Br)cc1. The van der Waals surface area contributed by atoms with E-state index in [2.05, 4.69) is 31.9 Å². The highest BCUT2D eigenvalue weighted by atomic mass is 79.9. The van der Waals surface area contributed by atoms with E-state index >= 15 is 0 Å². The fraction of sp³-hybridized carbons (Fsp3) is 0.133. The van der Waals surface area contributed by atoms with E-state index in [1.54, 1.807) is 36.4 Å². The Kier molecular flexibility index (Phi) is 4.94. The molecule has 0 spiro atoms. The maximum absolute atomic E-state index is 13.8. The Balaban J connectivity index is 2.32. The van der Waals surface area contributed by atoms with Gasteiger partial charge < -0.3 is 5.11 Å². The van der Waals surface area contributed by atoms with Gasteiger partial charge >= 0.3 is 5.97 Å². The smallest absolute Gasteiger partial charge is 0.311 e. The number of carboxylic acid groups (broad SMARTS) is 1. The lowest BCUT2D eigenvalue weighted by Crippen LogP contribution is -2.15. The molecule has 0 amide bonds. The Hall–Kier alpha value is -1.20. The van der Waals surface area contributed by atoms with E-state index in [-0.39, 0.29) is 6.42 Å². The van der Waals surface area contributed by atoms with E-state index in [9.17, 15) is 14.3 Å². The molecule has 5 heteroatoms. The van der Waals surface area contributed by atoms with Gasteiger partial charge in [0.1, 0.15) is 5.82 Å². The first-order chi connectivity index (χ1) is 9.47. The lowest BCUT2D eigenvalue weighted by atomic mass is 9.92. The summed E-state index contributed by atoms with van der Waals surface area (Å²) in [6.45, 7) is 0. The van der Waals surface area contributed by atoms with Crippen LogP contribution in [0.25, 0.3) is 0 Å². The quantitative estimate of drug-likeness (QED) is 0.801. The van der Waals surface area contributed by atoms with Crippen molar-refractivity contribution in [3.8, 4) is 0 Å². The van der Waals surface area contributed by atoms with Crippen molar-refractivity contribution in [2.24, 2.45) is 0 Å². The zero-order valence-corrected chi connectivity index (χ0v) is 13.5. The van der Waals surface area contributed by atoms with Crippen molar-refractivity contribution in [2.45, 2.75) is 12.3 Å². The summed E-state index contributed by atoms with van der Waals surface area (Å²) in [7, 11) is 0. The summed E-state index contributed by atoms with van der Waals surface area (Å²) in [5.41, 5.74) is 1.04. The second-order valence-electron chi connectivity index (χ2n) is 4.38. The van der Waals surface area contributed by atoms with Gasteiger partial charge in [-0.15, -0.1) is 0 Å². The number of carboxylic acids is 1. The number of hydrogen-bond donors (Lipinski definition) is 1. The molecule has 0 radical (unpaired) electrons. The molecule has 0 aliphatic heterocycles. The van der Waals surface area contributed by atoms with Crippen LogP contribution in [-0.4, -0.2) is 11.1 Å². The molecule has 2 rings (SSSR count). The van der Waals surface area contributed by atoms with Gasteiger partial charge in [-0.3, -0.25) is 4.79 Å². The van der Waals surface area contributed by atoms with Crippen molar-refractivity contribution >= 4 is 37.8 Å². The number of benzene rings is 2. The van der Waals surface area contributed by atoms with Gasteiger partial charge in [-0.1, -0.05) is 44.0 Å². The maximum Gasteiger partial charge on any atom is 0.311 e. The Labute approximate surface area is 132 Å². The predicted molar refractivity (Wildman–Crippen MR) is 82.3 cm³/mol. The molecular formula is C15H11Br2FO2. The van der Waals surface area contributed by atoms with Crippen molar-refractivity contribution < 1.29 is 14.3 Å². The first-order valence-corrected chi connectivity index (χ1v) is 7.48. The highest BCUT2D eigenvalue weighted by Gasteiger charge is 2.22. The highest BCUT2D eigenvalue weighted by Crippen LogP contribution is 2.26. The standard InChI is InChI=1S/C15H11Br2FO2/c16-11-3-1-9(2-4-11)13(15(19)20)8-10-7-12(17)5-6-14(10)18/h1-7,13H,8H2,(H,19,20). The normalized spacial score (nSPS) is 12.2. The second kappa shape index (κ2) is 6.50. The average Bonchev–Trinajstić information content (AvgIpc) is 2.40. The largest absolute Gasteiger partial charge is 0.481 e. The zero-order chi connectivity index (χ0) is 14.7. The summed E-state index contributed by atoms with van der Waals surface area (Å²) in [6.07, 6.45) is 0.113. The molecule has 0 aliphatic rings. The number of rotatable bonds is 4. The summed E-state index contributed by atoms with van der Waals surface area (Å²) in [4.78, 5) is 11.4. The van der Waals surface area contributed by atoms with E-state index in [1.807, 2.05) is 0 Å². The maximum atomic E-state index is 13.8. The van der Waals surface area contributed by atoms with Crippen molar-refractivity contribution in [1.29, 1.82) is 0 Å². The molecule has 0 saturated carbocycles. The first-order valence-electron chi connectivity index (χ1n) is 5.89. The van der Waals surface area contributed by atoms with E-state index in [4.69, 9.17) is 0 Å². The van der Waals surface area contributed by atoms with E-state index in [0.717, 1.165) is 8.95 Å². The number of halogens is 3. The van der Waals surface area contributed by atoms with Gasteiger partial charge in [-0.05, 0) is 47.9 Å². The van der Waals surface area contributed by atoms with Crippen LogP contribution in [0, 0.1) is 5.82 Å². The molecule has 2 aromatic rings. The van der Waals surface area contributed by atoms with Crippen LogP contribution in [0.3, 0.4) is 0 Å². The lowest BCUT2D eigenvalue weighted by Gasteiger charge is -2.14. The molecule has 0 saturated heterocycles. The summed E-state index contributed by atoms with van der Waals surface area (Å²) in [5.74, 6) is -2.13. The van der Waals surface area contributed by atoms with Crippen LogP contribution in [0.2, 0.25) is 0 Å². The molecule has 1 unspecified atom stereocenters. The molecule has 1 atom stereocenters. The van der Waals surface area contributed by atoms with Gasteiger partial charge in [0.25, 0.3) is 0 Å². The fourth-order valence-corrected chi connectivity index (χ4v) is 2.64. The number of hydrogen-bond acceptors (Lipinski definition) is 1. The summed E-state index contributed by atoms with van der Waals surface area (Å²) >= 11 is 6.57. The third-order valence-corrected chi connectivity index (χ3v) is 4.02. The second-order valence-corrected chi connectivity index (χ2v) is 6.21. The van der Waals surface area contributed by atoms with Gasteiger partial charge in [0.15, 0.2) is 0 Å². The molecule has 2 aromatic carbocycles. The highest BCUT2D eigenvalue weighted by molar-refractivity contribution is 9.10. The van der Waals surface area contributed by atoms with Crippen LogP contribution in [0.4, 0.5) is 4.39 Å². The Morgan fingerprint density at radius 1 is 1.10 bits per heavy atom. The molecule has 0 heterocycles. The van der Waals surface area contributed by atoms with Crippen LogP contribution in [0.5, 0.6) is 0 Å². The molecule has 0 aromatic heterocycles. The Bertz CT molecular complexity index is 626. The van der Waals surface area contributed by atoms with Crippen molar-refractivity contribution in [3.63, 3.8) is 0 Å².